The van der Waals surface area contributed by atoms with Gasteiger partial charge >= 0.3 is 0 Å². The third-order valence-corrected chi connectivity index (χ3v) is 5.96. The molecule has 1 N–H and O–H groups in total. The van der Waals surface area contributed by atoms with Gasteiger partial charge in [0.1, 0.15) is 17.7 Å². The molecule has 0 aliphatic carbocycles. The molecule has 0 spiro atoms. The number of carbonyl (C=O) groups excluding carboxylic acids is 2. The van der Waals surface area contributed by atoms with Crippen LogP contribution in [0, 0.1) is 11.6 Å². The second kappa shape index (κ2) is 7.13. The second-order valence-electron chi connectivity index (χ2n) is 6.78. The maximum atomic E-state index is 14.8. The van der Waals surface area contributed by atoms with Gasteiger partial charge in [0.05, 0.1) is 22.1 Å². The summed E-state index contributed by atoms with van der Waals surface area (Å²) in [6.45, 7) is 0. The predicted octanol–water partition coefficient (Wildman–Crippen LogP) is 4.95. The largest absolute Gasteiger partial charge is 0.503 e. The van der Waals surface area contributed by atoms with Crippen LogP contribution in [0.3, 0.4) is 0 Å². The summed E-state index contributed by atoms with van der Waals surface area (Å²) in [6, 6.07) is 11.2. The highest BCUT2D eigenvalue weighted by atomic mass is 32.1. The summed E-state index contributed by atoms with van der Waals surface area (Å²) >= 11 is 0.989. The fourth-order valence-electron chi connectivity index (χ4n) is 3.56. The van der Waals surface area contributed by atoms with Crippen molar-refractivity contribution in [2.75, 3.05) is 4.90 Å². The molecule has 1 aliphatic rings. The molecule has 0 saturated carbocycles. The van der Waals surface area contributed by atoms with Crippen molar-refractivity contribution in [1.29, 1.82) is 0 Å². The zero-order valence-electron chi connectivity index (χ0n) is 15.6. The van der Waals surface area contributed by atoms with E-state index in [1.165, 1.54) is 54.8 Å². The summed E-state index contributed by atoms with van der Waals surface area (Å²) in [4.78, 5) is 31.5. The van der Waals surface area contributed by atoms with Crippen LogP contribution in [0.15, 0.2) is 76.6 Å². The molecule has 0 fully saturated rings. The van der Waals surface area contributed by atoms with Gasteiger partial charge in [0.2, 0.25) is 5.78 Å². The molecule has 2 aromatic carbocycles. The maximum absolute atomic E-state index is 14.8. The zero-order chi connectivity index (χ0) is 21.7. The topological polar surface area (TPSA) is 83.6 Å². The van der Waals surface area contributed by atoms with Crippen LogP contribution in [0.25, 0.3) is 10.2 Å². The van der Waals surface area contributed by atoms with Crippen LogP contribution in [0.1, 0.15) is 22.2 Å². The van der Waals surface area contributed by atoms with Crippen molar-refractivity contribution in [3.8, 4) is 0 Å². The number of aromatic nitrogens is 1. The van der Waals surface area contributed by atoms with Gasteiger partial charge in [-0.25, -0.2) is 13.8 Å². The summed E-state index contributed by atoms with van der Waals surface area (Å²) in [6.07, 6.45) is 1.28. The number of fused-ring (bicyclic) bond motifs is 1. The number of carbonyl (C=O) groups is 2. The number of amides is 1. The average Bonchev–Trinajstić information content (AvgIpc) is 3.47. The summed E-state index contributed by atoms with van der Waals surface area (Å²) in [7, 11) is 0. The minimum atomic E-state index is -1.28. The first-order chi connectivity index (χ1) is 15.0. The second-order valence-corrected chi connectivity index (χ2v) is 7.79. The van der Waals surface area contributed by atoms with Crippen LogP contribution in [-0.4, -0.2) is 21.8 Å². The van der Waals surface area contributed by atoms with Crippen molar-refractivity contribution < 1.29 is 27.9 Å². The number of anilines is 1. The first kappa shape index (κ1) is 19.1. The van der Waals surface area contributed by atoms with E-state index in [0.717, 1.165) is 16.2 Å². The number of Topliss-reactive ketones (excluding diaryl/α,β-unsaturated/α-hetero) is 1. The molecular formula is C22H12F2N2O4S. The number of aliphatic hydroxyl groups excluding tert-OH is 1. The third kappa shape index (κ3) is 3.01. The lowest BCUT2D eigenvalue weighted by Gasteiger charge is -2.24. The van der Waals surface area contributed by atoms with Gasteiger partial charge < -0.3 is 9.52 Å². The third-order valence-electron chi connectivity index (χ3n) is 4.94. The summed E-state index contributed by atoms with van der Waals surface area (Å²) < 4.78 is 34.0. The number of hydrogen-bond acceptors (Lipinski definition) is 6. The van der Waals surface area contributed by atoms with Crippen LogP contribution < -0.4 is 4.90 Å². The predicted molar refractivity (Wildman–Crippen MR) is 109 cm³/mol. The van der Waals surface area contributed by atoms with E-state index in [-0.39, 0.29) is 22.0 Å². The molecule has 3 heterocycles. The Balaban J connectivity index is 1.71. The zero-order valence-corrected chi connectivity index (χ0v) is 16.4. The van der Waals surface area contributed by atoms with Crippen LogP contribution in [-0.2, 0) is 4.79 Å². The Hall–Kier alpha value is -3.85. The number of benzene rings is 2. The van der Waals surface area contributed by atoms with Gasteiger partial charge in [0.25, 0.3) is 5.91 Å². The molecule has 0 radical (unpaired) electrons. The Bertz CT molecular complexity index is 1380. The Morgan fingerprint density at radius 1 is 1.13 bits per heavy atom. The summed E-state index contributed by atoms with van der Waals surface area (Å²) in [5.41, 5.74) is 0.0996. The van der Waals surface area contributed by atoms with E-state index in [1.807, 2.05) is 0 Å². The minimum absolute atomic E-state index is 0.000225. The van der Waals surface area contributed by atoms with E-state index < -0.39 is 35.1 Å². The molecule has 1 amide bonds. The number of aliphatic hydroxyl groups is 1. The lowest BCUT2D eigenvalue weighted by molar-refractivity contribution is -0.117. The van der Waals surface area contributed by atoms with E-state index >= 15 is 0 Å². The molecule has 0 saturated heterocycles. The quantitative estimate of drug-likeness (QED) is 0.456. The van der Waals surface area contributed by atoms with Gasteiger partial charge in [-0.15, -0.1) is 0 Å². The average molecular weight is 438 g/mol. The van der Waals surface area contributed by atoms with Gasteiger partial charge in [-0.2, -0.15) is 0 Å². The van der Waals surface area contributed by atoms with E-state index in [4.69, 9.17) is 4.42 Å². The lowest BCUT2D eigenvalue weighted by Crippen LogP contribution is -2.31. The summed E-state index contributed by atoms with van der Waals surface area (Å²) in [5.74, 6) is -3.74. The van der Waals surface area contributed by atoms with Gasteiger partial charge in [0, 0.05) is 5.56 Å². The van der Waals surface area contributed by atoms with Gasteiger partial charge in [-0.1, -0.05) is 29.5 Å². The number of furan rings is 1. The standard InChI is InChI=1S/C22H12F2N2O4S/c23-11-7-8-14-16(10-11)31-22(25-14)26-18(12-4-1-2-5-13(12)24)17(20(28)21(26)29)19(27)15-6-3-9-30-15/h1-10,18,28H/t18-/m0/s1. The Kier molecular flexibility index (Phi) is 4.40. The van der Waals surface area contributed by atoms with Crippen LogP contribution in [0.2, 0.25) is 0 Å². The molecule has 5 rings (SSSR count). The van der Waals surface area contributed by atoms with Crippen LogP contribution >= 0.6 is 11.3 Å². The van der Waals surface area contributed by atoms with Crippen LogP contribution in [0.5, 0.6) is 0 Å². The molecule has 9 heteroatoms. The number of hydrogen-bond donors (Lipinski definition) is 1. The van der Waals surface area contributed by atoms with E-state index in [1.54, 1.807) is 6.07 Å². The fraction of sp³-hybridized carbons (Fsp3) is 0.0455. The Morgan fingerprint density at radius 3 is 2.68 bits per heavy atom. The lowest BCUT2D eigenvalue weighted by atomic mass is 9.95. The highest BCUT2D eigenvalue weighted by Crippen LogP contribution is 2.44. The monoisotopic (exact) mass is 438 g/mol. The van der Waals surface area contributed by atoms with Crippen molar-refractivity contribution in [3.63, 3.8) is 0 Å². The Morgan fingerprint density at radius 2 is 1.94 bits per heavy atom. The van der Waals surface area contributed by atoms with E-state index in [9.17, 15) is 23.5 Å². The molecule has 4 aromatic rings. The van der Waals surface area contributed by atoms with Crippen molar-refractivity contribution in [2.45, 2.75) is 6.04 Å². The normalized spacial score (nSPS) is 16.5. The van der Waals surface area contributed by atoms with E-state index in [0.29, 0.717) is 10.2 Å². The van der Waals surface area contributed by atoms with Gasteiger partial charge in [-0.05, 0) is 36.4 Å². The van der Waals surface area contributed by atoms with Gasteiger partial charge in [-0.3, -0.25) is 14.5 Å². The van der Waals surface area contributed by atoms with Crippen LogP contribution in [0.4, 0.5) is 13.9 Å². The molecular weight excluding hydrogens is 426 g/mol. The van der Waals surface area contributed by atoms with Crippen molar-refractivity contribution >= 4 is 38.4 Å². The SMILES string of the molecule is O=C(C1=C(O)C(=O)N(c2nc3ccc(F)cc3s2)[C@H]1c1ccccc1F)c1ccco1. The van der Waals surface area contributed by atoms with Crippen molar-refractivity contribution in [1.82, 2.24) is 4.98 Å². The molecule has 1 atom stereocenters. The highest BCUT2D eigenvalue weighted by Gasteiger charge is 2.47. The molecule has 6 nitrogen and oxygen atoms in total. The number of halogens is 2. The molecule has 1 aliphatic heterocycles. The minimum Gasteiger partial charge on any atom is -0.503 e. The highest BCUT2D eigenvalue weighted by molar-refractivity contribution is 7.22. The number of ketones is 1. The van der Waals surface area contributed by atoms with Crippen molar-refractivity contribution in [2.24, 2.45) is 0 Å². The molecule has 2 aromatic heterocycles. The smallest absolute Gasteiger partial charge is 0.296 e. The first-order valence-electron chi connectivity index (χ1n) is 9.11. The summed E-state index contributed by atoms with van der Waals surface area (Å²) in [5, 5.41) is 10.7. The first-order valence-corrected chi connectivity index (χ1v) is 9.93. The Labute approximate surface area is 177 Å². The van der Waals surface area contributed by atoms with E-state index in [2.05, 4.69) is 4.98 Å². The molecule has 0 bridgehead atoms. The fourth-order valence-corrected chi connectivity index (χ4v) is 4.57. The number of thiazole rings is 1. The van der Waals surface area contributed by atoms with Gasteiger partial charge in [0.15, 0.2) is 16.7 Å². The number of rotatable bonds is 4. The van der Waals surface area contributed by atoms with Crippen molar-refractivity contribution in [3.05, 3.63) is 95.2 Å². The molecule has 0 unspecified atom stereocenters. The maximum Gasteiger partial charge on any atom is 0.296 e. The number of nitrogens with zero attached hydrogens (tertiary/aromatic N) is 2. The molecule has 31 heavy (non-hydrogen) atoms. The molecule has 154 valence electrons.